The number of amides is 2. The fraction of sp³-hybridized carbons (Fsp3) is 0.714. The molecule has 0 aliphatic carbocycles. The number of hydrogen-bond donors (Lipinski definition) is 1. The highest BCUT2D eigenvalue weighted by molar-refractivity contribution is 6.82. The molecule has 168 valence electrons. The van der Waals surface area contributed by atoms with Crippen LogP contribution in [-0.2, 0) is 21.6 Å². The predicted molar refractivity (Wildman–Crippen MR) is 119 cm³/mol. The number of rotatable bonds is 3. The van der Waals surface area contributed by atoms with Gasteiger partial charge in [0.05, 0.1) is 25.9 Å². The van der Waals surface area contributed by atoms with E-state index in [4.69, 9.17) is 4.74 Å². The summed E-state index contributed by atoms with van der Waals surface area (Å²) in [7, 11) is -1.85. The van der Waals surface area contributed by atoms with Gasteiger partial charge in [0.25, 0.3) is 0 Å². The summed E-state index contributed by atoms with van der Waals surface area (Å²) >= 11 is 0. The molecule has 8 nitrogen and oxygen atoms in total. The minimum absolute atomic E-state index is 0.152. The monoisotopic (exact) mass is 436 g/mol. The maximum absolute atomic E-state index is 13.2. The fourth-order valence-electron chi connectivity index (χ4n) is 3.15. The molecule has 2 heterocycles. The van der Waals surface area contributed by atoms with Crippen molar-refractivity contribution in [3.8, 4) is 0 Å². The van der Waals surface area contributed by atoms with Crippen molar-refractivity contribution in [3.63, 3.8) is 0 Å². The second-order valence-corrected chi connectivity index (χ2v) is 16.8. The Morgan fingerprint density at radius 2 is 1.63 bits per heavy atom. The Morgan fingerprint density at radius 1 is 1.10 bits per heavy atom. The van der Waals surface area contributed by atoms with Gasteiger partial charge in [0.2, 0.25) is 11.8 Å². The van der Waals surface area contributed by atoms with E-state index < -0.39 is 30.3 Å². The van der Waals surface area contributed by atoms with E-state index >= 15 is 0 Å². The van der Waals surface area contributed by atoms with Gasteiger partial charge in [-0.3, -0.25) is 14.5 Å². The third-order valence-corrected chi connectivity index (χ3v) is 10.1. The molecule has 2 rings (SSSR count). The number of nitrogens with one attached hydrogen (secondary N) is 1. The molecular formula is C21H36N4O4Si. The summed E-state index contributed by atoms with van der Waals surface area (Å²) in [5.41, 5.74) is -0.165. The van der Waals surface area contributed by atoms with Crippen LogP contribution < -0.4 is 5.32 Å². The Hall–Kier alpha value is -2.16. The molecule has 1 aliphatic heterocycles. The van der Waals surface area contributed by atoms with E-state index in [2.05, 4.69) is 30.1 Å². The fourth-order valence-corrected chi connectivity index (χ4v) is 3.89. The van der Waals surface area contributed by atoms with Gasteiger partial charge < -0.3 is 10.1 Å². The molecule has 0 aromatic carbocycles. The third kappa shape index (κ3) is 4.17. The molecule has 0 radical (unpaired) electrons. The zero-order chi connectivity index (χ0) is 23.4. The highest BCUT2D eigenvalue weighted by Crippen LogP contribution is 2.44. The van der Waals surface area contributed by atoms with Gasteiger partial charge in [-0.25, -0.2) is 4.79 Å². The average molecular weight is 437 g/mol. The average Bonchev–Trinajstić information content (AvgIpc) is 3.00. The molecular weight excluding hydrogens is 400 g/mol. The van der Waals surface area contributed by atoms with E-state index in [0.717, 1.165) is 0 Å². The molecule has 0 unspecified atom stereocenters. The predicted octanol–water partition coefficient (Wildman–Crippen LogP) is 4.59. The topological polar surface area (TPSA) is 93.5 Å². The minimum Gasteiger partial charge on any atom is -0.444 e. The van der Waals surface area contributed by atoms with Gasteiger partial charge in [-0.15, -0.1) is 0 Å². The second-order valence-electron chi connectivity index (χ2n) is 11.1. The van der Waals surface area contributed by atoms with E-state index in [1.807, 2.05) is 48.5 Å². The molecule has 1 aromatic heterocycles. The minimum atomic E-state index is -1.85. The second kappa shape index (κ2) is 7.21. The number of nitrogens with zero attached hydrogens (tertiary/aromatic N) is 3. The number of hydrogen-bond acceptors (Lipinski definition) is 5. The first kappa shape index (κ1) is 24.1. The normalized spacial score (nSPS) is 16.3. The molecule has 1 aromatic rings. The van der Waals surface area contributed by atoms with Crippen molar-refractivity contribution in [2.45, 2.75) is 97.8 Å². The molecule has 30 heavy (non-hydrogen) atoms. The van der Waals surface area contributed by atoms with Crippen LogP contribution in [0.1, 0.15) is 71.4 Å². The summed E-state index contributed by atoms with van der Waals surface area (Å²) in [5.74, 6) is -0.113. The van der Waals surface area contributed by atoms with Crippen LogP contribution >= 0.6 is 0 Å². The Kier molecular flexibility index (Phi) is 5.80. The molecule has 2 amide bonds. The van der Waals surface area contributed by atoms with E-state index in [-0.39, 0.29) is 18.4 Å². The van der Waals surface area contributed by atoms with Crippen molar-refractivity contribution < 1.29 is 19.1 Å². The van der Waals surface area contributed by atoms with Crippen molar-refractivity contribution in [2.24, 2.45) is 0 Å². The number of aromatic nitrogens is 2. The zero-order valence-electron chi connectivity index (χ0n) is 20.2. The van der Waals surface area contributed by atoms with Crippen molar-refractivity contribution in [1.82, 2.24) is 14.7 Å². The molecule has 1 N–H and O–H groups in total. The molecule has 0 bridgehead atoms. The third-order valence-electron chi connectivity index (χ3n) is 6.14. The molecule has 0 saturated carbocycles. The summed E-state index contributed by atoms with van der Waals surface area (Å²) in [6.45, 7) is 21.0. The Balaban J connectivity index is 2.49. The molecule has 0 atom stereocenters. The van der Waals surface area contributed by atoms with Gasteiger partial charge >= 0.3 is 6.09 Å². The van der Waals surface area contributed by atoms with E-state index in [9.17, 15) is 14.4 Å². The first-order valence-electron chi connectivity index (χ1n) is 10.3. The highest BCUT2D eigenvalue weighted by Gasteiger charge is 2.48. The van der Waals surface area contributed by atoms with Gasteiger partial charge in [0.15, 0.2) is 0 Å². The first-order chi connectivity index (χ1) is 13.3. The van der Waals surface area contributed by atoms with E-state index in [0.29, 0.717) is 17.1 Å². The van der Waals surface area contributed by atoms with Crippen molar-refractivity contribution >= 4 is 31.8 Å². The number of carbonyl (C=O) groups excluding carboxylic acids is 3. The number of carbonyl (C=O) groups is 3. The van der Waals surface area contributed by atoms with Gasteiger partial charge in [0.1, 0.15) is 11.4 Å². The maximum atomic E-state index is 13.2. The van der Waals surface area contributed by atoms with Crippen LogP contribution in [0, 0.1) is 0 Å². The van der Waals surface area contributed by atoms with Gasteiger partial charge in [0, 0.05) is 17.5 Å². The summed E-state index contributed by atoms with van der Waals surface area (Å²) < 4.78 is 6.79. The quantitative estimate of drug-likeness (QED) is 0.700. The Morgan fingerprint density at radius 3 is 2.07 bits per heavy atom. The first-order valence-corrected chi connectivity index (χ1v) is 13.8. The summed E-state index contributed by atoms with van der Waals surface area (Å²) in [6, 6.07) is 0. The van der Waals surface area contributed by atoms with Gasteiger partial charge in [-0.1, -0.05) is 33.5 Å². The number of anilines is 1. The lowest BCUT2D eigenvalue weighted by Gasteiger charge is -2.35. The molecule has 0 saturated heterocycles. The van der Waals surface area contributed by atoms with E-state index in [1.165, 1.54) is 11.6 Å². The van der Waals surface area contributed by atoms with Crippen LogP contribution in [0.25, 0.3) is 0 Å². The molecule has 0 spiro atoms. The highest BCUT2D eigenvalue weighted by atomic mass is 28.3. The summed E-state index contributed by atoms with van der Waals surface area (Å²) in [5, 5.41) is 6.88. The smallest absolute Gasteiger partial charge is 0.411 e. The maximum Gasteiger partial charge on any atom is 0.411 e. The summed E-state index contributed by atoms with van der Waals surface area (Å²) in [6.07, 6.45) is -0.459. The van der Waals surface area contributed by atoms with Crippen LogP contribution in [0.3, 0.4) is 0 Å². The van der Waals surface area contributed by atoms with Crippen LogP contribution in [0.5, 0.6) is 0 Å². The standard InChI is InChI=1S/C21H36N4O4Si/c1-13(26)25-16(22-17(27)21(7,8)30(9,10)11)14-12-24(18(28)29-19(2,3)4)20(5,6)15(14)23-25/h12H2,1-11H3,(H,22,27). The lowest BCUT2D eigenvalue weighted by molar-refractivity contribution is -0.118. The van der Waals surface area contributed by atoms with Crippen LogP contribution in [0.15, 0.2) is 0 Å². The Labute approximate surface area is 180 Å². The zero-order valence-corrected chi connectivity index (χ0v) is 21.2. The molecule has 9 heteroatoms. The molecule has 0 fully saturated rings. The van der Waals surface area contributed by atoms with Crippen molar-refractivity contribution in [3.05, 3.63) is 11.3 Å². The molecule has 1 aliphatic rings. The van der Waals surface area contributed by atoms with Crippen LogP contribution in [-0.4, -0.2) is 46.3 Å². The Bertz CT molecular complexity index is 888. The van der Waals surface area contributed by atoms with E-state index in [1.54, 1.807) is 4.90 Å². The van der Waals surface area contributed by atoms with Crippen LogP contribution in [0.2, 0.25) is 24.7 Å². The van der Waals surface area contributed by atoms with Crippen molar-refractivity contribution in [2.75, 3.05) is 5.32 Å². The summed E-state index contributed by atoms with van der Waals surface area (Å²) in [4.78, 5) is 39.8. The van der Waals surface area contributed by atoms with Crippen LogP contribution in [0.4, 0.5) is 10.6 Å². The SMILES string of the molecule is CC(=O)n1nc2c(c1NC(=O)C(C)(C)[Si](C)(C)C)CN(C(=O)OC(C)(C)C)C2(C)C. The number of fused-ring (bicyclic) bond motifs is 1. The number of ether oxygens (including phenoxy) is 1. The lowest BCUT2D eigenvalue weighted by Crippen LogP contribution is -2.45. The lowest BCUT2D eigenvalue weighted by atomic mass is 10.0. The van der Waals surface area contributed by atoms with Gasteiger partial charge in [-0.2, -0.15) is 9.78 Å². The van der Waals surface area contributed by atoms with Crippen molar-refractivity contribution in [1.29, 1.82) is 0 Å². The largest absolute Gasteiger partial charge is 0.444 e. The van der Waals surface area contributed by atoms with Gasteiger partial charge in [-0.05, 0) is 34.6 Å².